The number of hydrogen-bond acceptors (Lipinski definition) is 5. The fraction of sp³-hybridized carbons (Fsp3) is 0.600. The molecule has 0 bridgehead atoms. The van der Waals surface area contributed by atoms with Gasteiger partial charge in [0.25, 0.3) is 0 Å². The van der Waals surface area contributed by atoms with Crippen molar-refractivity contribution in [3.05, 3.63) is 9.77 Å². The highest BCUT2D eigenvalue weighted by molar-refractivity contribution is 14.1. The van der Waals surface area contributed by atoms with E-state index in [4.69, 9.17) is 4.74 Å². The number of halogens is 1. The Hall–Kier alpha value is -0.630. The molecule has 0 amide bonds. The quantitative estimate of drug-likeness (QED) is 0.657. The minimum absolute atomic E-state index is 0.251. The van der Waals surface area contributed by atoms with Crippen LogP contribution in [0.3, 0.4) is 0 Å². The maximum absolute atomic E-state index is 9.41. The molecule has 0 radical (unpaired) electrons. The summed E-state index contributed by atoms with van der Waals surface area (Å²) >= 11 is 2.14. The van der Waals surface area contributed by atoms with Crippen molar-refractivity contribution in [2.45, 2.75) is 13.0 Å². The van der Waals surface area contributed by atoms with Gasteiger partial charge in [0.1, 0.15) is 9.52 Å². The van der Waals surface area contributed by atoms with Crippen molar-refractivity contribution < 1.29 is 9.84 Å². The topological polar surface area (TPSA) is 58.5 Å². The van der Waals surface area contributed by atoms with Crippen LogP contribution in [0.1, 0.15) is 6.92 Å². The predicted octanol–water partition coefficient (Wildman–Crippen LogP) is 0.907. The lowest BCUT2D eigenvalue weighted by Gasteiger charge is -2.41. The molecule has 0 aliphatic carbocycles. The van der Waals surface area contributed by atoms with Gasteiger partial charge in [-0.25, -0.2) is 0 Å². The van der Waals surface area contributed by atoms with Crippen LogP contribution < -0.4 is 9.64 Å². The van der Waals surface area contributed by atoms with Gasteiger partial charge in [0, 0.05) is 25.1 Å². The fourth-order valence-corrected chi connectivity index (χ4v) is 2.13. The van der Waals surface area contributed by atoms with E-state index in [0.29, 0.717) is 11.9 Å². The third kappa shape index (κ3) is 2.37. The summed E-state index contributed by atoms with van der Waals surface area (Å²) < 4.78 is 5.89. The van der Waals surface area contributed by atoms with E-state index in [0.717, 1.165) is 22.6 Å². The largest absolute Gasteiger partial charge is 0.467 e. The zero-order valence-corrected chi connectivity index (χ0v) is 11.4. The van der Waals surface area contributed by atoms with Crippen LogP contribution in [0.4, 0.5) is 5.82 Å². The van der Waals surface area contributed by atoms with Crippen molar-refractivity contribution in [1.82, 2.24) is 9.97 Å². The third-order valence-corrected chi connectivity index (χ3v) is 3.31. The van der Waals surface area contributed by atoms with Gasteiger partial charge in [-0.3, -0.25) is 0 Å². The number of anilines is 1. The molecule has 1 N–H and O–H groups in total. The van der Waals surface area contributed by atoms with E-state index >= 15 is 0 Å². The molecule has 16 heavy (non-hydrogen) atoms. The first-order valence-electron chi connectivity index (χ1n) is 5.11. The number of aliphatic hydroxyl groups excluding tert-OH is 1. The van der Waals surface area contributed by atoms with Gasteiger partial charge in [-0.05, 0) is 29.5 Å². The molecule has 88 valence electrons. The first-order chi connectivity index (χ1) is 7.60. The summed E-state index contributed by atoms with van der Waals surface area (Å²) in [7, 11) is 1.56. The minimum atomic E-state index is -0.251. The molecular formula is C10H14IN3O2. The van der Waals surface area contributed by atoms with Gasteiger partial charge in [-0.15, -0.1) is 0 Å². The minimum Gasteiger partial charge on any atom is -0.467 e. The van der Waals surface area contributed by atoms with Crippen molar-refractivity contribution >= 4 is 28.4 Å². The summed E-state index contributed by atoms with van der Waals surface area (Å²) in [6.45, 7) is 3.51. The molecule has 1 fully saturated rings. The Morgan fingerprint density at radius 1 is 1.56 bits per heavy atom. The lowest BCUT2D eigenvalue weighted by Crippen LogP contribution is -2.51. The zero-order valence-electron chi connectivity index (χ0n) is 9.22. The molecule has 2 heterocycles. The molecule has 1 atom stereocenters. The van der Waals surface area contributed by atoms with E-state index < -0.39 is 0 Å². The molecule has 0 saturated carbocycles. The lowest BCUT2D eigenvalue weighted by molar-refractivity contribution is 0.107. The Morgan fingerprint density at radius 3 is 2.81 bits per heavy atom. The van der Waals surface area contributed by atoms with Crippen LogP contribution in [0.2, 0.25) is 0 Å². The number of ether oxygens (including phenoxy) is 1. The van der Waals surface area contributed by atoms with E-state index in [1.807, 2.05) is 13.0 Å². The molecular weight excluding hydrogens is 321 g/mol. The molecule has 1 unspecified atom stereocenters. The molecule has 1 saturated heterocycles. The number of rotatable bonds is 3. The SMILES string of the molecule is COc1nc(I)cc(N2CC(C(C)O)C2)n1. The first-order valence-corrected chi connectivity index (χ1v) is 6.19. The highest BCUT2D eigenvalue weighted by atomic mass is 127. The Morgan fingerprint density at radius 2 is 2.25 bits per heavy atom. The predicted molar refractivity (Wildman–Crippen MR) is 68.7 cm³/mol. The average Bonchev–Trinajstić information content (AvgIpc) is 2.13. The van der Waals surface area contributed by atoms with Gasteiger partial charge < -0.3 is 14.7 Å². The van der Waals surface area contributed by atoms with Gasteiger partial charge in [-0.1, -0.05) is 0 Å². The van der Waals surface area contributed by atoms with Gasteiger partial charge in [-0.2, -0.15) is 9.97 Å². The van der Waals surface area contributed by atoms with Crippen molar-refractivity contribution in [3.63, 3.8) is 0 Å². The Bertz CT molecular complexity index is 380. The van der Waals surface area contributed by atoms with Crippen LogP contribution in [0.25, 0.3) is 0 Å². The van der Waals surface area contributed by atoms with Crippen LogP contribution >= 0.6 is 22.6 Å². The van der Waals surface area contributed by atoms with E-state index in [2.05, 4.69) is 37.5 Å². The van der Waals surface area contributed by atoms with Crippen LogP contribution in [-0.2, 0) is 0 Å². The molecule has 0 aromatic carbocycles. The lowest BCUT2D eigenvalue weighted by atomic mass is 9.95. The van der Waals surface area contributed by atoms with Crippen molar-refractivity contribution in [2.75, 3.05) is 25.1 Å². The van der Waals surface area contributed by atoms with Gasteiger partial charge in [0.05, 0.1) is 13.2 Å². The van der Waals surface area contributed by atoms with Crippen molar-refractivity contribution in [3.8, 4) is 6.01 Å². The van der Waals surface area contributed by atoms with Crippen molar-refractivity contribution in [1.29, 1.82) is 0 Å². The second kappa shape index (κ2) is 4.70. The molecule has 1 aliphatic rings. The summed E-state index contributed by atoms with van der Waals surface area (Å²) in [5.41, 5.74) is 0. The van der Waals surface area contributed by atoms with Crippen molar-refractivity contribution in [2.24, 2.45) is 5.92 Å². The van der Waals surface area contributed by atoms with Gasteiger partial charge in [0.15, 0.2) is 0 Å². The Kier molecular flexibility index (Phi) is 3.48. The van der Waals surface area contributed by atoms with Crippen LogP contribution in [-0.4, -0.2) is 41.4 Å². The number of aliphatic hydroxyl groups is 1. The van der Waals surface area contributed by atoms with Crippen LogP contribution in [0, 0.1) is 9.62 Å². The average molecular weight is 335 g/mol. The fourth-order valence-electron chi connectivity index (χ4n) is 1.64. The number of methoxy groups -OCH3 is 1. The Balaban J connectivity index is 2.08. The standard InChI is InChI=1S/C10H14IN3O2/c1-6(15)7-4-14(5-7)9-3-8(11)12-10(13-9)16-2/h3,6-7,15H,4-5H2,1-2H3. The molecule has 6 heteroatoms. The second-order valence-corrected chi connectivity index (χ2v) is 5.05. The molecule has 5 nitrogen and oxygen atoms in total. The van der Waals surface area contributed by atoms with E-state index in [9.17, 15) is 5.11 Å². The first kappa shape index (κ1) is 11.8. The normalized spacial score (nSPS) is 18.1. The van der Waals surface area contributed by atoms with E-state index in [-0.39, 0.29) is 6.10 Å². The zero-order chi connectivity index (χ0) is 11.7. The summed E-state index contributed by atoms with van der Waals surface area (Å²) in [5, 5.41) is 9.41. The summed E-state index contributed by atoms with van der Waals surface area (Å²) in [5.74, 6) is 1.21. The smallest absolute Gasteiger partial charge is 0.319 e. The summed E-state index contributed by atoms with van der Waals surface area (Å²) in [6.07, 6.45) is -0.251. The Labute approximate surface area is 108 Å². The third-order valence-electron chi connectivity index (χ3n) is 2.76. The second-order valence-electron chi connectivity index (χ2n) is 3.94. The van der Waals surface area contributed by atoms with E-state index in [1.54, 1.807) is 7.11 Å². The molecule has 1 aliphatic heterocycles. The summed E-state index contributed by atoms with van der Waals surface area (Å²) in [4.78, 5) is 10.5. The highest BCUT2D eigenvalue weighted by Crippen LogP contribution is 2.26. The van der Waals surface area contributed by atoms with Crippen LogP contribution in [0.5, 0.6) is 6.01 Å². The number of aromatic nitrogens is 2. The molecule has 0 spiro atoms. The monoisotopic (exact) mass is 335 g/mol. The van der Waals surface area contributed by atoms with Crippen LogP contribution in [0.15, 0.2) is 6.07 Å². The van der Waals surface area contributed by atoms with E-state index in [1.165, 1.54) is 0 Å². The maximum atomic E-state index is 9.41. The number of nitrogens with zero attached hydrogens (tertiary/aromatic N) is 3. The highest BCUT2D eigenvalue weighted by Gasteiger charge is 2.31. The van der Waals surface area contributed by atoms with Gasteiger partial charge >= 0.3 is 6.01 Å². The molecule has 2 rings (SSSR count). The summed E-state index contributed by atoms with van der Waals surface area (Å²) in [6, 6.07) is 2.31. The molecule has 1 aromatic rings. The molecule has 1 aromatic heterocycles. The van der Waals surface area contributed by atoms with Gasteiger partial charge in [0.2, 0.25) is 0 Å². The maximum Gasteiger partial charge on any atom is 0.319 e. The number of hydrogen-bond donors (Lipinski definition) is 1.